The van der Waals surface area contributed by atoms with Gasteiger partial charge in [-0.05, 0) is 12.1 Å². The van der Waals surface area contributed by atoms with Gasteiger partial charge in [0.1, 0.15) is 5.75 Å². The summed E-state index contributed by atoms with van der Waals surface area (Å²) in [5.41, 5.74) is 0. The summed E-state index contributed by atoms with van der Waals surface area (Å²) in [6.07, 6.45) is 0. The van der Waals surface area contributed by atoms with Gasteiger partial charge in [-0.2, -0.15) is 0 Å². The van der Waals surface area contributed by atoms with Crippen molar-refractivity contribution in [2.24, 2.45) is 5.92 Å². The second kappa shape index (κ2) is 8.31. The van der Waals surface area contributed by atoms with Gasteiger partial charge in [-0.1, -0.05) is 32.0 Å². The van der Waals surface area contributed by atoms with Gasteiger partial charge in [0.15, 0.2) is 6.61 Å². The molecule has 2 atom stereocenters. The van der Waals surface area contributed by atoms with E-state index in [4.69, 9.17) is 13.9 Å². The predicted molar refractivity (Wildman–Crippen MR) is 95.0 cm³/mol. The van der Waals surface area contributed by atoms with Crippen LogP contribution >= 0.6 is 0 Å². The van der Waals surface area contributed by atoms with Crippen LogP contribution in [0.1, 0.15) is 37.5 Å². The number of likely N-dealkylation sites (tertiary alicyclic amines) is 1. The molecule has 140 valence electrons. The van der Waals surface area contributed by atoms with Gasteiger partial charge < -0.3 is 18.8 Å². The standard InChI is InChI=1S/C19H25N3O4/c1-13(2)18-20-21-19(26-18)16-10-22(9-14(16)11-24-3)17(23)12-25-15-7-5-4-6-8-15/h4-8,13-14,16H,9-12H2,1-3H3/t14-,16+/m0/s1. The molecular formula is C19H25N3O4. The Morgan fingerprint density at radius 1 is 1.27 bits per heavy atom. The first kappa shape index (κ1) is 18.4. The molecule has 0 bridgehead atoms. The zero-order chi connectivity index (χ0) is 18.5. The van der Waals surface area contributed by atoms with Crippen molar-refractivity contribution < 1.29 is 18.7 Å². The van der Waals surface area contributed by atoms with E-state index in [1.54, 1.807) is 12.0 Å². The van der Waals surface area contributed by atoms with Gasteiger partial charge in [0, 0.05) is 32.0 Å². The smallest absolute Gasteiger partial charge is 0.260 e. The van der Waals surface area contributed by atoms with Crippen LogP contribution in [0, 0.1) is 5.92 Å². The molecule has 0 N–H and O–H groups in total. The Balaban J connectivity index is 1.64. The minimum atomic E-state index is -0.0546. The number of methoxy groups -OCH3 is 1. The average molecular weight is 359 g/mol. The summed E-state index contributed by atoms with van der Waals surface area (Å²) in [7, 11) is 1.66. The summed E-state index contributed by atoms with van der Waals surface area (Å²) in [6.45, 7) is 5.69. The van der Waals surface area contributed by atoms with Gasteiger partial charge in [-0.15, -0.1) is 10.2 Å². The lowest BCUT2D eigenvalue weighted by atomic mass is 9.97. The highest BCUT2D eigenvalue weighted by atomic mass is 16.5. The molecule has 0 spiro atoms. The monoisotopic (exact) mass is 359 g/mol. The molecule has 2 aromatic rings. The summed E-state index contributed by atoms with van der Waals surface area (Å²) in [5, 5.41) is 8.31. The molecule has 0 aliphatic carbocycles. The molecule has 1 amide bonds. The molecular weight excluding hydrogens is 334 g/mol. The lowest BCUT2D eigenvalue weighted by Crippen LogP contribution is -2.33. The molecule has 2 heterocycles. The number of rotatable bonds is 7. The fourth-order valence-electron chi connectivity index (χ4n) is 3.12. The fourth-order valence-corrected chi connectivity index (χ4v) is 3.12. The maximum atomic E-state index is 12.6. The topological polar surface area (TPSA) is 77.7 Å². The zero-order valence-corrected chi connectivity index (χ0v) is 15.4. The molecule has 1 aliphatic heterocycles. The number of benzene rings is 1. The summed E-state index contributed by atoms with van der Waals surface area (Å²) < 4.78 is 16.7. The van der Waals surface area contributed by atoms with Crippen LogP contribution in [0.4, 0.5) is 0 Å². The maximum Gasteiger partial charge on any atom is 0.260 e. The minimum Gasteiger partial charge on any atom is -0.484 e. The average Bonchev–Trinajstić information content (AvgIpc) is 3.28. The Hall–Kier alpha value is -2.41. The van der Waals surface area contributed by atoms with E-state index >= 15 is 0 Å². The molecule has 1 aromatic heterocycles. The van der Waals surface area contributed by atoms with E-state index in [0.29, 0.717) is 37.2 Å². The first-order chi connectivity index (χ1) is 12.6. The first-order valence-corrected chi connectivity index (χ1v) is 8.86. The number of carbonyl (C=O) groups excluding carboxylic acids is 1. The molecule has 1 saturated heterocycles. The van der Waals surface area contributed by atoms with Crippen molar-refractivity contribution in [3.05, 3.63) is 42.1 Å². The van der Waals surface area contributed by atoms with Gasteiger partial charge in [0.05, 0.1) is 12.5 Å². The van der Waals surface area contributed by atoms with Crippen molar-refractivity contribution in [3.63, 3.8) is 0 Å². The second-order valence-electron chi connectivity index (χ2n) is 6.86. The third-order valence-corrected chi connectivity index (χ3v) is 4.55. The quantitative estimate of drug-likeness (QED) is 0.756. The Bertz CT molecular complexity index is 717. The van der Waals surface area contributed by atoms with Crippen molar-refractivity contribution in [2.75, 3.05) is 33.4 Å². The number of para-hydroxylation sites is 1. The van der Waals surface area contributed by atoms with Crippen LogP contribution in [-0.2, 0) is 9.53 Å². The van der Waals surface area contributed by atoms with Crippen molar-refractivity contribution in [3.8, 4) is 5.75 Å². The number of ether oxygens (including phenoxy) is 2. The van der Waals surface area contributed by atoms with Gasteiger partial charge in [0.2, 0.25) is 11.8 Å². The Morgan fingerprint density at radius 3 is 2.69 bits per heavy atom. The summed E-state index contributed by atoms with van der Waals surface area (Å²) >= 11 is 0. The lowest BCUT2D eigenvalue weighted by Gasteiger charge is -2.16. The molecule has 1 fully saturated rings. The van der Waals surface area contributed by atoms with E-state index in [2.05, 4.69) is 10.2 Å². The Kier molecular flexibility index (Phi) is 5.88. The summed E-state index contributed by atoms with van der Waals surface area (Å²) in [5.74, 6) is 2.11. The molecule has 0 unspecified atom stereocenters. The highest BCUT2D eigenvalue weighted by Crippen LogP contribution is 2.33. The molecule has 26 heavy (non-hydrogen) atoms. The molecule has 0 saturated carbocycles. The third-order valence-electron chi connectivity index (χ3n) is 4.55. The third kappa shape index (κ3) is 4.22. The van der Waals surface area contributed by atoms with Crippen molar-refractivity contribution in [1.29, 1.82) is 0 Å². The number of hydrogen-bond donors (Lipinski definition) is 0. The van der Waals surface area contributed by atoms with Crippen molar-refractivity contribution in [2.45, 2.75) is 25.7 Å². The normalized spacial score (nSPS) is 19.9. The summed E-state index contributed by atoms with van der Waals surface area (Å²) in [6, 6.07) is 9.33. The predicted octanol–water partition coefficient (Wildman–Crippen LogP) is 2.46. The van der Waals surface area contributed by atoms with E-state index in [9.17, 15) is 4.79 Å². The highest BCUT2D eigenvalue weighted by molar-refractivity contribution is 5.78. The molecule has 7 nitrogen and oxygen atoms in total. The van der Waals surface area contributed by atoms with E-state index in [0.717, 1.165) is 0 Å². The highest BCUT2D eigenvalue weighted by Gasteiger charge is 2.39. The van der Waals surface area contributed by atoms with Crippen LogP contribution in [-0.4, -0.2) is 54.4 Å². The molecule has 1 aromatic carbocycles. The molecule has 7 heteroatoms. The number of hydrogen-bond acceptors (Lipinski definition) is 6. The van der Waals surface area contributed by atoms with E-state index in [1.807, 2.05) is 44.2 Å². The van der Waals surface area contributed by atoms with E-state index in [-0.39, 0.29) is 30.3 Å². The van der Waals surface area contributed by atoms with Crippen LogP contribution < -0.4 is 4.74 Å². The number of carbonyl (C=O) groups is 1. The van der Waals surface area contributed by atoms with Crippen LogP contribution in [0.2, 0.25) is 0 Å². The molecule has 1 aliphatic rings. The van der Waals surface area contributed by atoms with Crippen LogP contribution in [0.3, 0.4) is 0 Å². The molecule has 3 rings (SSSR count). The number of nitrogens with zero attached hydrogens (tertiary/aromatic N) is 3. The largest absolute Gasteiger partial charge is 0.484 e. The van der Waals surface area contributed by atoms with Crippen molar-refractivity contribution >= 4 is 5.91 Å². The van der Waals surface area contributed by atoms with E-state index in [1.165, 1.54) is 0 Å². The number of amides is 1. The van der Waals surface area contributed by atoms with Gasteiger partial charge >= 0.3 is 0 Å². The fraction of sp³-hybridized carbons (Fsp3) is 0.526. The Labute approximate surface area is 153 Å². The summed E-state index contributed by atoms with van der Waals surface area (Å²) in [4.78, 5) is 14.3. The van der Waals surface area contributed by atoms with Crippen LogP contribution in [0.5, 0.6) is 5.75 Å². The van der Waals surface area contributed by atoms with Crippen LogP contribution in [0.25, 0.3) is 0 Å². The molecule has 0 radical (unpaired) electrons. The number of aromatic nitrogens is 2. The lowest BCUT2D eigenvalue weighted by molar-refractivity contribution is -0.132. The maximum absolute atomic E-state index is 12.6. The second-order valence-corrected chi connectivity index (χ2v) is 6.86. The van der Waals surface area contributed by atoms with Gasteiger partial charge in [0.25, 0.3) is 5.91 Å². The van der Waals surface area contributed by atoms with Gasteiger partial charge in [-0.25, -0.2) is 0 Å². The van der Waals surface area contributed by atoms with Crippen LogP contribution in [0.15, 0.2) is 34.7 Å². The van der Waals surface area contributed by atoms with E-state index < -0.39 is 0 Å². The minimum absolute atomic E-state index is 0.0114. The first-order valence-electron chi connectivity index (χ1n) is 8.86. The zero-order valence-electron chi connectivity index (χ0n) is 15.4. The van der Waals surface area contributed by atoms with Crippen molar-refractivity contribution in [1.82, 2.24) is 15.1 Å². The van der Waals surface area contributed by atoms with Gasteiger partial charge in [-0.3, -0.25) is 4.79 Å². The Morgan fingerprint density at radius 2 is 2.04 bits per heavy atom. The SMILES string of the molecule is COC[C@@H]1CN(C(=O)COc2ccccc2)C[C@H]1c1nnc(C(C)C)o1.